The number of nitrogens with zero attached hydrogens (tertiary/aromatic N) is 2. The van der Waals surface area contributed by atoms with Crippen LogP contribution in [-0.2, 0) is 14.4 Å². The molecule has 0 spiro atoms. The second kappa shape index (κ2) is 6.98. The van der Waals surface area contributed by atoms with E-state index >= 15 is 0 Å². The molecule has 0 unspecified atom stereocenters. The summed E-state index contributed by atoms with van der Waals surface area (Å²) in [4.78, 5) is 39.7. The second-order valence-corrected chi connectivity index (χ2v) is 6.36. The van der Waals surface area contributed by atoms with Crippen LogP contribution in [-0.4, -0.2) is 53.7 Å². The van der Waals surface area contributed by atoms with Gasteiger partial charge in [-0.1, -0.05) is 12.1 Å². The number of hydrogen-bond donors (Lipinski definition) is 1. The third kappa shape index (κ3) is 3.72. The average Bonchev–Trinajstić information content (AvgIpc) is 2.56. The zero-order chi connectivity index (χ0) is 17.9. The molecule has 1 heterocycles. The maximum atomic E-state index is 13.7. The van der Waals surface area contributed by atoms with Crippen molar-refractivity contribution in [3.63, 3.8) is 0 Å². The van der Waals surface area contributed by atoms with Gasteiger partial charge in [0.15, 0.2) is 0 Å². The fraction of sp³-hybridized carbons (Fsp3) is 0.471. The van der Waals surface area contributed by atoms with Crippen molar-refractivity contribution in [1.29, 1.82) is 0 Å². The molecule has 1 aromatic carbocycles. The van der Waals surface area contributed by atoms with Gasteiger partial charge in [-0.25, -0.2) is 4.39 Å². The normalized spacial score (nSPS) is 15.2. The van der Waals surface area contributed by atoms with Crippen molar-refractivity contribution in [3.05, 3.63) is 30.1 Å². The minimum atomic E-state index is -1.33. The molecule has 3 amide bonds. The fourth-order valence-corrected chi connectivity index (χ4v) is 2.56. The van der Waals surface area contributed by atoms with Crippen LogP contribution in [0.25, 0.3) is 0 Å². The zero-order valence-electron chi connectivity index (χ0n) is 14.1. The molecule has 0 radical (unpaired) electrons. The van der Waals surface area contributed by atoms with E-state index in [2.05, 4.69) is 5.32 Å². The maximum absolute atomic E-state index is 13.7. The van der Waals surface area contributed by atoms with Crippen molar-refractivity contribution in [2.45, 2.75) is 20.8 Å². The van der Waals surface area contributed by atoms with Gasteiger partial charge in [-0.05, 0) is 26.0 Å². The Kier molecular flexibility index (Phi) is 5.21. The molecule has 0 saturated carbocycles. The molecule has 1 aliphatic rings. The van der Waals surface area contributed by atoms with Crippen LogP contribution in [0.15, 0.2) is 24.3 Å². The molecular weight excluding hydrogens is 313 g/mol. The molecule has 0 aromatic heterocycles. The van der Waals surface area contributed by atoms with Crippen LogP contribution in [0.2, 0.25) is 0 Å². The Bertz CT molecular complexity index is 652. The van der Waals surface area contributed by atoms with Crippen molar-refractivity contribution in [2.75, 3.05) is 31.5 Å². The van der Waals surface area contributed by atoms with Gasteiger partial charge in [-0.15, -0.1) is 0 Å². The molecule has 0 bridgehead atoms. The summed E-state index contributed by atoms with van der Waals surface area (Å²) in [6.45, 7) is 6.19. The Balaban J connectivity index is 2.03. The van der Waals surface area contributed by atoms with E-state index in [0.717, 1.165) is 0 Å². The molecule has 1 N–H and O–H groups in total. The zero-order valence-corrected chi connectivity index (χ0v) is 14.1. The summed E-state index contributed by atoms with van der Waals surface area (Å²) in [6, 6.07) is 5.81. The first-order valence-electron chi connectivity index (χ1n) is 7.84. The van der Waals surface area contributed by atoms with E-state index in [0.29, 0.717) is 26.2 Å². The van der Waals surface area contributed by atoms with Gasteiger partial charge in [-0.3, -0.25) is 14.4 Å². The minimum absolute atomic E-state index is 0.0290. The highest BCUT2D eigenvalue weighted by atomic mass is 19.1. The highest BCUT2D eigenvalue weighted by Crippen LogP contribution is 2.24. The molecule has 0 atom stereocenters. The number of rotatable bonds is 3. The SMILES string of the molecule is CC(=O)N1CCN(C(=O)C(C)(C)C(=O)Nc2ccccc2F)CC1. The van der Waals surface area contributed by atoms with Crippen molar-refractivity contribution >= 4 is 23.4 Å². The Labute approximate surface area is 140 Å². The van der Waals surface area contributed by atoms with Gasteiger partial charge in [0.25, 0.3) is 0 Å². The summed E-state index contributed by atoms with van der Waals surface area (Å²) in [5.74, 6) is -1.48. The predicted molar refractivity (Wildman–Crippen MR) is 87.6 cm³/mol. The van der Waals surface area contributed by atoms with Crippen molar-refractivity contribution in [1.82, 2.24) is 9.80 Å². The molecule has 1 saturated heterocycles. The summed E-state index contributed by atoms with van der Waals surface area (Å²) in [5.41, 5.74) is -1.29. The maximum Gasteiger partial charge on any atom is 0.239 e. The first kappa shape index (κ1) is 17.9. The third-order valence-electron chi connectivity index (χ3n) is 4.24. The molecule has 7 heteroatoms. The first-order chi connectivity index (χ1) is 11.2. The monoisotopic (exact) mass is 335 g/mol. The average molecular weight is 335 g/mol. The molecule has 1 fully saturated rings. The largest absolute Gasteiger partial charge is 0.339 e. The highest BCUT2D eigenvalue weighted by molar-refractivity contribution is 6.09. The van der Waals surface area contributed by atoms with Gasteiger partial charge < -0.3 is 15.1 Å². The molecule has 1 aromatic rings. The van der Waals surface area contributed by atoms with Gasteiger partial charge in [0.05, 0.1) is 5.69 Å². The van der Waals surface area contributed by atoms with Crippen LogP contribution in [0, 0.1) is 11.2 Å². The number of piperazine rings is 1. The van der Waals surface area contributed by atoms with Gasteiger partial charge >= 0.3 is 0 Å². The minimum Gasteiger partial charge on any atom is -0.339 e. The fourth-order valence-electron chi connectivity index (χ4n) is 2.56. The lowest BCUT2D eigenvalue weighted by atomic mass is 9.89. The van der Waals surface area contributed by atoms with Crippen LogP contribution < -0.4 is 5.32 Å². The lowest BCUT2D eigenvalue weighted by molar-refractivity contribution is -0.149. The van der Waals surface area contributed by atoms with E-state index in [9.17, 15) is 18.8 Å². The highest BCUT2D eigenvalue weighted by Gasteiger charge is 2.40. The van der Waals surface area contributed by atoms with E-state index < -0.39 is 17.1 Å². The molecule has 6 nitrogen and oxygen atoms in total. The van der Waals surface area contributed by atoms with Crippen molar-refractivity contribution in [2.24, 2.45) is 5.41 Å². The van der Waals surface area contributed by atoms with E-state index in [-0.39, 0.29) is 17.5 Å². The van der Waals surface area contributed by atoms with E-state index in [1.165, 1.54) is 39.0 Å². The summed E-state index contributed by atoms with van der Waals surface area (Å²) >= 11 is 0. The quantitative estimate of drug-likeness (QED) is 0.851. The first-order valence-corrected chi connectivity index (χ1v) is 7.84. The molecule has 0 aliphatic carbocycles. The number of amides is 3. The molecule has 1 aliphatic heterocycles. The number of nitrogens with one attached hydrogen (secondary N) is 1. The van der Waals surface area contributed by atoms with E-state index in [4.69, 9.17) is 0 Å². The number of hydrogen-bond acceptors (Lipinski definition) is 3. The summed E-state index contributed by atoms with van der Waals surface area (Å²) in [5, 5.41) is 2.47. The molecule has 24 heavy (non-hydrogen) atoms. The summed E-state index contributed by atoms with van der Waals surface area (Å²) in [7, 11) is 0. The van der Waals surface area contributed by atoms with Crippen LogP contribution >= 0.6 is 0 Å². The standard InChI is InChI=1S/C17H22FN3O3/c1-12(22)20-8-10-21(11-9-20)16(24)17(2,3)15(23)19-14-7-5-4-6-13(14)18/h4-7H,8-11H2,1-3H3,(H,19,23). The van der Waals surface area contributed by atoms with Crippen LogP contribution in [0.3, 0.4) is 0 Å². The number of carbonyl (C=O) groups is 3. The second-order valence-electron chi connectivity index (χ2n) is 6.36. The Morgan fingerprint density at radius 3 is 2.12 bits per heavy atom. The van der Waals surface area contributed by atoms with E-state index in [1.54, 1.807) is 15.9 Å². The third-order valence-corrected chi connectivity index (χ3v) is 4.24. The number of anilines is 1. The van der Waals surface area contributed by atoms with Crippen LogP contribution in [0.4, 0.5) is 10.1 Å². The van der Waals surface area contributed by atoms with Crippen molar-refractivity contribution < 1.29 is 18.8 Å². The Hall–Kier alpha value is -2.44. The molecular formula is C17H22FN3O3. The van der Waals surface area contributed by atoms with Crippen LogP contribution in [0.5, 0.6) is 0 Å². The number of carbonyl (C=O) groups excluding carboxylic acids is 3. The summed E-state index contributed by atoms with van der Waals surface area (Å²) < 4.78 is 13.7. The van der Waals surface area contributed by atoms with Gasteiger partial charge in [0.1, 0.15) is 11.2 Å². The number of para-hydroxylation sites is 1. The lowest BCUT2D eigenvalue weighted by Gasteiger charge is -2.37. The molecule has 2 rings (SSSR count). The Morgan fingerprint density at radius 1 is 1.04 bits per heavy atom. The summed E-state index contributed by atoms with van der Waals surface area (Å²) in [6.07, 6.45) is 0. The topological polar surface area (TPSA) is 69.7 Å². The van der Waals surface area contributed by atoms with E-state index in [1.807, 2.05) is 0 Å². The smallest absolute Gasteiger partial charge is 0.239 e. The van der Waals surface area contributed by atoms with Crippen LogP contribution in [0.1, 0.15) is 20.8 Å². The van der Waals surface area contributed by atoms with Gasteiger partial charge in [0, 0.05) is 33.1 Å². The number of benzene rings is 1. The Morgan fingerprint density at radius 2 is 1.58 bits per heavy atom. The predicted octanol–water partition coefficient (Wildman–Crippen LogP) is 1.48. The number of halogens is 1. The van der Waals surface area contributed by atoms with Crippen molar-refractivity contribution in [3.8, 4) is 0 Å². The van der Waals surface area contributed by atoms with Gasteiger partial charge in [-0.2, -0.15) is 0 Å². The van der Waals surface area contributed by atoms with Gasteiger partial charge in [0.2, 0.25) is 17.7 Å². The molecule has 130 valence electrons. The lowest BCUT2D eigenvalue weighted by Crippen LogP contribution is -2.55.